The summed E-state index contributed by atoms with van der Waals surface area (Å²) in [5, 5.41) is 0.334. The number of hydrogen-bond donors (Lipinski definition) is 0. The summed E-state index contributed by atoms with van der Waals surface area (Å²) < 4.78 is 5.25. The van der Waals surface area contributed by atoms with Crippen molar-refractivity contribution in [3.05, 3.63) is 29.8 Å². The van der Waals surface area contributed by atoms with Crippen LogP contribution in [0, 0.1) is 0 Å². The molecule has 0 saturated heterocycles. The molecular formula is C13H17ClO. The number of hydrogen-bond acceptors (Lipinski definition) is 1. The van der Waals surface area contributed by atoms with Crippen LogP contribution < -0.4 is 4.74 Å². The van der Waals surface area contributed by atoms with Crippen molar-refractivity contribution in [3.63, 3.8) is 0 Å². The van der Waals surface area contributed by atoms with Crippen LogP contribution in [0.2, 0.25) is 0 Å². The van der Waals surface area contributed by atoms with E-state index in [-0.39, 0.29) is 5.41 Å². The summed E-state index contributed by atoms with van der Waals surface area (Å²) in [5.41, 5.74) is 1.59. The maximum atomic E-state index is 6.19. The predicted molar refractivity (Wildman–Crippen MR) is 63.8 cm³/mol. The molecule has 2 heteroatoms. The number of halogens is 1. The first-order valence-electron chi connectivity index (χ1n) is 5.43. The van der Waals surface area contributed by atoms with E-state index < -0.39 is 0 Å². The number of benzene rings is 1. The van der Waals surface area contributed by atoms with Crippen LogP contribution in [0.3, 0.4) is 0 Å². The Balaban J connectivity index is 2.28. The Bertz CT molecular complexity index is 350. The quantitative estimate of drug-likeness (QED) is 0.696. The Labute approximate surface area is 96.4 Å². The number of alkyl halides is 1. The number of ether oxygens (including phenoxy) is 1. The highest BCUT2D eigenvalue weighted by Crippen LogP contribution is 2.43. The van der Waals surface area contributed by atoms with E-state index in [0.29, 0.717) is 5.38 Å². The summed E-state index contributed by atoms with van der Waals surface area (Å²) in [4.78, 5) is 0. The van der Waals surface area contributed by atoms with Crippen LogP contribution in [-0.4, -0.2) is 12.5 Å². The van der Waals surface area contributed by atoms with Gasteiger partial charge in [0.2, 0.25) is 0 Å². The highest BCUT2D eigenvalue weighted by molar-refractivity contribution is 6.20. The first kappa shape index (κ1) is 10.8. The molecule has 1 aromatic rings. The van der Waals surface area contributed by atoms with Gasteiger partial charge >= 0.3 is 0 Å². The van der Waals surface area contributed by atoms with E-state index in [1.165, 1.54) is 12.0 Å². The molecule has 1 nitrogen and oxygen atoms in total. The molecule has 15 heavy (non-hydrogen) atoms. The van der Waals surface area contributed by atoms with Crippen molar-refractivity contribution in [3.8, 4) is 5.75 Å². The normalized spacial score (nSPS) is 30.5. The van der Waals surface area contributed by atoms with Crippen molar-refractivity contribution < 1.29 is 4.74 Å². The third kappa shape index (κ3) is 2.12. The fraction of sp³-hybridized carbons (Fsp3) is 0.538. The highest BCUT2D eigenvalue weighted by atomic mass is 35.5. The van der Waals surface area contributed by atoms with Crippen molar-refractivity contribution >= 4 is 11.6 Å². The molecule has 2 unspecified atom stereocenters. The Kier molecular flexibility index (Phi) is 2.92. The molecule has 1 aromatic carbocycles. The fourth-order valence-electron chi connectivity index (χ4n) is 2.43. The predicted octanol–water partition coefficient (Wildman–Crippen LogP) is 3.74. The molecule has 0 aliphatic heterocycles. The molecule has 0 amide bonds. The average Bonchev–Trinajstić information content (AvgIpc) is 2.60. The van der Waals surface area contributed by atoms with E-state index in [4.69, 9.17) is 16.3 Å². The lowest BCUT2D eigenvalue weighted by Gasteiger charge is -2.24. The maximum absolute atomic E-state index is 6.19. The van der Waals surface area contributed by atoms with Crippen molar-refractivity contribution in [2.75, 3.05) is 7.11 Å². The maximum Gasteiger partial charge on any atom is 0.119 e. The van der Waals surface area contributed by atoms with Crippen molar-refractivity contribution in [1.82, 2.24) is 0 Å². The lowest BCUT2D eigenvalue weighted by atomic mass is 9.81. The van der Waals surface area contributed by atoms with Crippen LogP contribution in [0.5, 0.6) is 5.75 Å². The minimum Gasteiger partial charge on any atom is -0.497 e. The van der Waals surface area contributed by atoms with Crippen LogP contribution in [-0.2, 0) is 5.41 Å². The SMILES string of the molecule is COc1cccc(C2(C)CCC(Cl)C2)c1. The smallest absolute Gasteiger partial charge is 0.119 e. The molecular weight excluding hydrogens is 208 g/mol. The van der Waals surface area contributed by atoms with E-state index in [9.17, 15) is 0 Å². The Morgan fingerprint density at radius 2 is 2.27 bits per heavy atom. The topological polar surface area (TPSA) is 9.23 Å². The summed E-state index contributed by atoms with van der Waals surface area (Å²) in [7, 11) is 1.71. The Hall–Kier alpha value is -0.690. The summed E-state index contributed by atoms with van der Waals surface area (Å²) in [6.07, 6.45) is 3.37. The summed E-state index contributed by atoms with van der Waals surface area (Å²) in [6, 6.07) is 8.35. The van der Waals surface area contributed by atoms with Gasteiger partial charge in [-0.25, -0.2) is 0 Å². The van der Waals surface area contributed by atoms with Crippen molar-refractivity contribution in [2.24, 2.45) is 0 Å². The van der Waals surface area contributed by atoms with Crippen LogP contribution in [0.1, 0.15) is 31.7 Å². The van der Waals surface area contributed by atoms with Gasteiger partial charge in [-0.15, -0.1) is 11.6 Å². The zero-order valence-corrected chi connectivity index (χ0v) is 10.1. The molecule has 1 aliphatic carbocycles. The first-order chi connectivity index (χ1) is 7.14. The molecule has 2 atom stereocenters. The Morgan fingerprint density at radius 3 is 2.87 bits per heavy atom. The molecule has 0 N–H and O–H groups in total. The minimum atomic E-state index is 0.237. The van der Waals surface area contributed by atoms with E-state index in [2.05, 4.69) is 25.1 Å². The lowest BCUT2D eigenvalue weighted by molar-refractivity contribution is 0.410. The van der Waals surface area contributed by atoms with Gasteiger partial charge in [-0.05, 0) is 42.4 Å². The second kappa shape index (κ2) is 4.05. The van der Waals surface area contributed by atoms with Gasteiger partial charge in [0.25, 0.3) is 0 Å². The van der Waals surface area contributed by atoms with Gasteiger partial charge in [-0.1, -0.05) is 19.1 Å². The van der Waals surface area contributed by atoms with Gasteiger partial charge in [0, 0.05) is 5.38 Å². The zero-order valence-electron chi connectivity index (χ0n) is 9.29. The first-order valence-corrected chi connectivity index (χ1v) is 5.86. The molecule has 1 saturated carbocycles. The van der Waals surface area contributed by atoms with Crippen LogP contribution in [0.25, 0.3) is 0 Å². The van der Waals surface area contributed by atoms with Crippen molar-refractivity contribution in [2.45, 2.75) is 37.0 Å². The van der Waals surface area contributed by atoms with Gasteiger partial charge in [0.15, 0.2) is 0 Å². The van der Waals surface area contributed by atoms with Crippen LogP contribution in [0.4, 0.5) is 0 Å². The lowest BCUT2D eigenvalue weighted by Crippen LogP contribution is -2.17. The van der Waals surface area contributed by atoms with Gasteiger partial charge < -0.3 is 4.74 Å². The summed E-state index contributed by atoms with van der Waals surface area (Å²) in [6.45, 7) is 2.30. The molecule has 0 aromatic heterocycles. The number of methoxy groups -OCH3 is 1. The number of rotatable bonds is 2. The van der Waals surface area contributed by atoms with Gasteiger partial charge in [0.1, 0.15) is 5.75 Å². The largest absolute Gasteiger partial charge is 0.497 e. The van der Waals surface area contributed by atoms with Gasteiger partial charge in [0.05, 0.1) is 7.11 Å². The molecule has 1 fully saturated rings. The molecule has 1 aliphatic rings. The van der Waals surface area contributed by atoms with Gasteiger partial charge in [-0.2, -0.15) is 0 Å². The van der Waals surface area contributed by atoms with E-state index in [0.717, 1.165) is 18.6 Å². The van der Waals surface area contributed by atoms with Crippen LogP contribution in [0.15, 0.2) is 24.3 Å². The molecule has 0 spiro atoms. The minimum absolute atomic E-state index is 0.237. The second-order valence-corrected chi connectivity index (χ2v) is 5.25. The van der Waals surface area contributed by atoms with Crippen LogP contribution >= 0.6 is 11.6 Å². The molecule has 0 heterocycles. The summed E-state index contributed by atoms with van der Waals surface area (Å²) in [5.74, 6) is 0.937. The molecule has 0 radical (unpaired) electrons. The zero-order chi connectivity index (χ0) is 10.9. The fourth-order valence-corrected chi connectivity index (χ4v) is 2.88. The third-order valence-electron chi connectivity index (χ3n) is 3.45. The second-order valence-electron chi connectivity index (χ2n) is 4.63. The molecule has 82 valence electrons. The van der Waals surface area contributed by atoms with E-state index >= 15 is 0 Å². The molecule has 0 bridgehead atoms. The van der Waals surface area contributed by atoms with Crippen molar-refractivity contribution in [1.29, 1.82) is 0 Å². The molecule has 2 rings (SSSR count). The summed E-state index contributed by atoms with van der Waals surface area (Å²) >= 11 is 6.19. The standard InChI is InChI=1S/C13H17ClO/c1-13(7-6-11(14)9-13)10-4-3-5-12(8-10)15-2/h3-5,8,11H,6-7,9H2,1-2H3. The van der Waals surface area contributed by atoms with E-state index in [1.807, 2.05) is 6.07 Å². The monoisotopic (exact) mass is 224 g/mol. The van der Waals surface area contributed by atoms with Gasteiger partial charge in [-0.3, -0.25) is 0 Å². The highest BCUT2D eigenvalue weighted by Gasteiger charge is 2.35. The average molecular weight is 225 g/mol. The van der Waals surface area contributed by atoms with E-state index in [1.54, 1.807) is 7.11 Å². The Morgan fingerprint density at radius 1 is 1.47 bits per heavy atom. The third-order valence-corrected chi connectivity index (χ3v) is 3.82.